The maximum absolute atomic E-state index is 10.8. The second-order valence-corrected chi connectivity index (χ2v) is 4.90. The van der Waals surface area contributed by atoms with Gasteiger partial charge in [-0.2, -0.15) is 5.10 Å². The summed E-state index contributed by atoms with van der Waals surface area (Å²) in [7, 11) is 1.54. The van der Waals surface area contributed by atoms with Crippen LogP contribution in [0.25, 0.3) is 5.69 Å². The summed E-state index contributed by atoms with van der Waals surface area (Å²) in [5.74, 6) is 1.10. The monoisotopic (exact) mass is 308 g/mol. The van der Waals surface area contributed by atoms with Crippen molar-refractivity contribution >= 4 is 6.29 Å². The number of aldehydes is 1. The van der Waals surface area contributed by atoms with Crippen molar-refractivity contribution in [3.05, 3.63) is 72.1 Å². The van der Waals surface area contributed by atoms with Crippen LogP contribution in [0.2, 0.25) is 0 Å². The minimum atomic E-state index is 0.316. The number of aromatic nitrogens is 2. The third kappa shape index (κ3) is 3.40. The Labute approximate surface area is 134 Å². The molecule has 5 nitrogen and oxygen atoms in total. The molecule has 23 heavy (non-hydrogen) atoms. The molecule has 0 aliphatic heterocycles. The molecule has 0 aliphatic rings. The first-order chi connectivity index (χ1) is 11.3. The molecule has 1 aromatic heterocycles. The van der Waals surface area contributed by atoms with E-state index in [0.29, 0.717) is 23.7 Å². The van der Waals surface area contributed by atoms with Crippen molar-refractivity contribution in [1.82, 2.24) is 9.78 Å². The van der Waals surface area contributed by atoms with Gasteiger partial charge in [0, 0.05) is 11.8 Å². The van der Waals surface area contributed by atoms with Gasteiger partial charge in [0.15, 0.2) is 11.5 Å². The van der Waals surface area contributed by atoms with E-state index in [1.54, 1.807) is 30.0 Å². The standard InChI is InChI=1S/C18H16N2O3/c1-22-18-11-14(12-21)7-8-17(18)23-13-15-9-10-20(19-15)16-5-3-2-4-6-16/h2-12H,13H2,1H3. The Kier molecular flexibility index (Phi) is 4.38. The van der Waals surface area contributed by atoms with Crippen LogP contribution >= 0.6 is 0 Å². The summed E-state index contributed by atoms with van der Waals surface area (Å²) in [5, 5.41) is 4.48. The summed E-state index contributed by atoms with van der Waals surface area (Å²) in [6, 6.07) is 16.8. The molecule has 0 aliphatic carbocycles. The van der Waals surface area contributed by atoms with Gasteiger partial charge >= 0.3 is 0 Å². The average Bonchev–Trinajstić information content (AvgIpc) is 3.09. The van der Waals surface area contributed by atoms with Crippen molar-refractivity contribution in [1.29, 1.82) is 0 Å². The molecule has 0 amide bonds. The van der Waals surface area contributed by atoms with E-state index < -0.39 is 0 Å². The summed E-state index contributed by atoms with van der Waals surface area (Å²) in [5.41, 5.74) is 2.34. The maximum atomic E-state index is 10.8. The van der Waals surface area contributed by atoms with E-state index in [9.17, 15) is 4.79 Å². The number of carbonyl (C=O) groups is 1. The molecular formula is C18H16N2O3. The van der Waals surface area contributed by atoms with Gasteiger partial charge in [-0.15, -0.1) is 0 Å². The fourth-order valence-electron chi connectivity index (χ4n) is 2.19. The zero-order valence-electron chi connectivity index (χ0n) is 12.7. The molecule has 0 N–H and O–H groups in total. The van der Waals surface area contributed by atoms with Gasteiger partial charge < -0.3 is 9.47 Å². The second-order valence-electron chi connectivity index (χ2n) is 4.90. The van der Waals surface area contributed by atoms with Crippen molar-refractivity contribution in [2.24, 2.45) is 0 Å². The fourth-order valence-corrected chi connectivity index (χ4v) is 2.19. The fraction of sp³-hybridized carbons (Fsp3) is 0.111. The third-order valence-electron chi connectivity index (χ3n) is 3.36. The molecule has 0 atom stereocenters. The lowest BCUT2D eigenvalue weighted by molar-refractivity contribution is 0.112. The lowest BCUT2D eigenvalue weighted by atomic mass is 10.2. The van der Waals surface area contributed by atoms with Gasteiger partial charge in [-0.25, -0.2) is 4.68 Å². The summed E-state index contributed by atoms with van der Waals surface area (Å²) in [6.07, 6.45) is 2.66. The largest absolute Gasteiger partial charge is 0.493 e. The van der Waals surface area contributed by atoms with E-state index in [4.69, 9.17) is 9.47 Å². The van der Waals surface area contributed by atoms with E-state index in [2.05, 4.69) is 5.10 Å². The van der Waals surface area contributed by atoms with Crippen LogP contribution < -0.4 is 9.47 Å². The van der Waals surface area contributed by atoms with Gasteiger partial charge in [0.05, 0.1) is 12.8 Å². The Morgan fingerprint density at radius 2 is 1.91 bits per heavy atom. The topological polar surface area (TPSA) is 53.4 Å². The number of ether oxygens (including phenoxy) is 2. The molecule has 0 fully saturated rings. The van der Waals surface area contributed by atoms with Gasteiger partial charge in [-0.1, -0.05) is 18.2 Å². The first kappa shape index (κ1) is 14.8. The molecule has 3 aromatic rings. The summed E-state index contributed by atoms with van der Waals surface area (Å²) in [4.78, 5) is 10.8. The summed E-state index contributed by atoms with van der Waals surface area (Å²) >= 11 is 0. The second kappa shape index (κ2) is 6.79. The predicted molar refractivity (Wildman–Crippen MR) is 86.3 cm³/mol. The molecule has 3 rings (SSSR count). The number of rotatable bonds is 6. The highest BCUT2D eigenvalue weighted by molar-refractivity contribution is 5.76. The van der Waals surface area contributed by atoms with Gasteiger partial charge in [0.1, 0.15) is 18.6 Å². The molecule has 0 unspecified atom stereocenters. The number of methoxy groups -OCH3 is 1. The quantitative estimate of drug-likeness (QED) is 0.656. The van der Waals surface area contributed by atoms with Crippen LogP contribution in [0.5, 0.6) is 11.5 Å². The van der Waals surface area contributed by atoms with E-state index in [0.717, 1.165) is 17.7 Å². The Hall–Kier alpha value is -3.08. The van der Waals surface area contributed by atoms with Crippen LogP contribution in [-0.2, 0) is 6.61 Å². The van der Waals surface area contributed by atoms with Crippen LogP contribution in [0.4, 0.5) is 0 Å². The molecule has 0 spiro atoms. The van der Waals surface area contributed by atoms with E-state index in [1.807, 2.05) is 42.6 Å². The number of hydrogen-bond acceptors (Lipinski definition) is 4. The number of hydrogen-bond donors (Lipinski definition) is 0. The lowest BCUT2D eigenvalue weighted by Gasteiger charge is -2.10. The number of benzene rings is 2. The average molecular weight is 308 g/mol. The number of nitrogens with zero attached hydrogens (tertiary/aromatic N) is 2. The molecule has 2 aromatic carbocycles. The van der Waals surface area contributed by atoms with Crippen molar-refractivity contribution in [3.8, 4) is 17.2 Å². The van der Waals surface area contributed by atoms with E-state index in [1.165, 1.54) is 0 Å². The van der Waals surface area contributed by atoms with E-state index in [-0.39, 0.29) is 0 Å². The Morgan fingerprint density at radius 1 is 1.09 bits per heavy atom. The molecule has 0 saturated heterocycles. The summed E-state index contributed by atoms with van der Waals surface area (Å²) in [6.45, 7) is 0.316. The molecule has 0 saturated carbocycles. The smallest absolute Gasteiger partial charge is 0.161 e. The molecular weight excluding hydrogens is 292 g/mol. The first-order valence-electron chi connectivity index (χ1n) is 7.16. The van der Waals surface area contributed by atoms with Crippen molar-refractivity contribution in [2.45, 2.75) is 6.61 Å². The maximum Gasteiger partial charge on any atom is 0.161 e. The van der Waals surface area contributed by atoms with Gasteiger partial charge in [-0.3, -0.25) is 4.79 Å². The highest BCUT2D eigenvalue weighted by Gasteiger charge is 2.07. The van der Waals surface area contributed by atoms with Gasteiger partial charge in [0.25, 0.3) is 0 Å². The minimum Gasteiger partial charge on any atom is -0.493 e. The van der Waals surface area contributed by atoms with Crippen molar-refractivity contribution in [3.63, 3.8) is 0 Å². The highest BCUT2D eigenvalue weighted by atomic mass is 16.5. The van der Waals surface area contributed by atoms with Crippen LogP contribution in [-0.4, -0.2) is 23.2 Å². The number of carbonyl (C=O) groups excluding carboxylic acids is 1. The third-order valence-corrected chi connectivity index (χ3v) is 3.36. The van der Waals surface area contributed by atoms with Crippen LogP contribution in [0.1, 0.15) is 16.1 Å². The van der Waals surface area contributed by atoms with Crippen molar-refractivity contribution in [2.75, 3.05) is 7.11 Å². The van der Waals surface area contributed by atoms with Crippen LogP contribution in [0.3, 0.4) is 0 Å². The number of para-hydroxylation sites is 1. The SMILES string of the molecule is COc1cc(C=O)ccc1OCc1ccn(-c2ccccc2)n1. The molecule has 1 heterocycles. The normalized spacial score (nSPS) is 10.3. The lowest BCUT2D eigenvalue weighted by Crippen LogP contribution is -2.01. The molecule has 0 radical (unpaired) electrons. The van der Waals surface area contributed by atoms with Gasteiger partial charge in [-0.05, 0) is 36.4 Å². The zero-order chi connectivity index (χ0) is 16.1. The Morgan fingerprint density at radius 3 is 2.65 bits per heavy atom. The Balaban J connectivity index is 1.72. The van der Waals surface area contributed by atoms with Crippen LogP contribution in [0.15, 0.2) is 60.8 Å². The minimum absolute atomic E-state index is 0.316. The van der Waals surface area contributed by atoms with E-state index >= 15 is 0 Å². The first-order valence-corrected chi connectivity index (χ1v) is 7.16. The molecule has 0 bridgehead atoms. The molecule has 5 heteroatoms. The Bertz CT molecular complexity index is 797. The zero-order valence-corrected chi connectivity index (χ0v) is 12.7. The highest BCUT2D eigenvalue weighted by Crippen LogP contribution is 2.28. The van der Waals surface area contributed by atoms with Gasteiger partial charge in [0.2, 0.25) is 0 Å². The van der Waals surface area contributed by atoms with Crippen molar-refractivity contribution < 1.29 is 14.3 Å². The van der Waals surface area contributed by atoms with Crippen LogP contribution in [0, 0.1) is 0 Å². The summed E-state index contributed by atoms with van der Waals surface area (Å²) < 4.78 is 12.8. The predicted octanol–water partition coefficient (Wildman–Crippen LogP) is 3.27. The molecule has 116 valence electrons.